The molecule has 0 saturated carbocycles. The standard InChI is InChI=1S/C36H46N5O5P/c1-24(2)20-31(33(42)29-18-12-13-19-30(29)38-34(43)25(3)37)39-35(44)28(21-26-14-8-6-9-15-26)23-47(46)32(40-36(45)41(4)5)22-27-16-10-7-11-17-27/h6-19,24-25,28,31-32H,20-23,37H2,1-5H3,(H2-,38,39,40,42,43,44,45)/p+1/t25-,28-,31-,32+/m0/s1. The lowest BCUT2D eigenvalue weighted by atomic mass is 9.93. The van der Waals surface area contributed by atoms with Gasteiger partial charge < -0.3 is 21.3 Å². The molecule has 250 valence electrons. The molecule has 0 fully saturated rings. The summed E-state index contributed by atoms with van der Waals surface area (Å²) >= 11 is 0. The first-order valence-corrected chi connectivity index (χ1v) is 17.4. The van der Waals surface area contributed by atoms with Crippen LogP contribution in [-0.2, 0) is 27.0 Å². The van der Waals surface area contributed by atoms with Crippen molar-refractivity contribution in [2.75, 3.05) is 25.6 Å². The molecule has 3 aromatic rings. The van der Waals surface area contributed by atoms with Gasteiger partial charge in [-0.15, -0.1) is 0 Å². The summed E-state index contributed by atoms with van der Waals surface area (Å²) in [5, 5.41) is 8.57. The largest absolute Gasteiger partial charge is 0.364 e. The van der Waals surface area contributed by atoms with Crippen LogP contribution in [0, 0.1) is 11.8 Å². The first kappa shape index (κ1) is 37.1. The Hall–Kier alpha value is -4.40. The molecule has 0 heterocycles. The second kappa shape index (κ2) is 18.1. The lowest BCUT2D eigenvalue weighted by Crippen LogP contribution is -2.46. The fraction of sp³-hybridized carbons (Fsp3) is 0.389. The summed E-state index contributed by atoms with van der Waals surface area (Å²) in [4.78, 5) is 54.5. The van der Waals surface area contributed by atoms with E-state index in [9.17, 15) is 23.7 Å². The van der Waals surface area contributed by atoms with E-state index < -0.39 is 43.4 Å². The van der Waals surface area contributed by atoms with Crippen LogP contribution in [-0.4, -0.2) is 66.7 Å². The number of amides is 4. The third-order valence-corrected chi connectivity index (χ3v) is 9.42. The average molecular weight is 661 g/mol. The van der Waals surface area contributed by atoms with Crippen molar-refractivity contribution in [1.82, 2.24) is 15.5 Å². The van der Waals surface area contributed by atoms with Crippen molar-refractivity contribution in [3.8, 4) is 0 Å². The van der Waals surface area contributed by atoms with E-state index in [1.807, 2.05) is 74.5 Å². The summed E-state index contributed by atoms with van der Waals surface area (Å²) in [5.41, 5.74) is 8.09. The fourth-order valence-electron chi connectivity index (χ4n) is 5.05. The summed E-state index contributed by atoms with van der Waals surface area (Å²) < 4.78 is 14.0. The first-order valence-electron chi connectivity index (χ1n) is 15.8. The Morgan fingerprint density at radius 3 is 1.87 bits per heavy atom. The molecule has 0 saturated heterocycles. The fourth-order valence-corrected chi connectivity index (χ4v) is 6.70. The Labute approximate surface area is 278 Å². The Balaban J connectivity index is 1.92. The summed E-state index contributed by atoms with van der Waals surface area (Å²) in [6.45, 7) is 5.46. The molecule has 1 unspecified atom stereocenters. The van der Waals surface area contributed by atoms with E-state index in [1.165, 1.54) is 4.90 Å². The molecule has 0 aliphatic rings. The normalized spacial score (nSPS) is 13.9. The highest BCUT2D eigenvalue weighted by Crippen LogP contribution is 2.33. The molecular formula is C36H47N5O5P+. The van der Waals surface area contributed by atoms with E-state index >= 15 is 0 Å². The molecular weight excluding hydrogens is 613 g/mol. The number of urea groups is 1. The highest BCUT2D eigenvalue weighted by Gasteiger charge is 2.39. The topological polar surface area (TPSA) is 151 Å². The highest BCUT2D eigenvalue weighted by molar-refractivity contribution is 7.45. The summed E-state index contributed by atoms with van der Waals surface area (Å²) in [7, 11) is 1.09. The van der Waals surface area contributed by atoms with E-state index in [-0.39, 0.29) is 35.9 Å². The van der Waals surface area contributed by atoms with Crippen molar-refractivity contribution >= 4 is 37.1 Å². The number of rotatable bonds is 16. The van der Waals surface area contributed by atoms with Gasteiger partial charge in [-0.1, -0.05) is 91.2 Å². The molecule has 0 aliphatic carbocycles. The van der Waals surface area contributed by atoms with Crippen LogP contribution in [0.1, 0.15) is 48.7 Å². The number of hydrogen-bond donors (Lipinski definition) is 4. The van der Waals surface area contributed by atoms with Crippen LogP contribution < -0.4 is 21.7 Å². The van der Waals surface area contributed by atoms with Gasteiger partial charge in [0.05, 0.1) is 23.7 Å². The number of para-hydroxylation sites is 1. The molecule has 0 aliphatic heterocycles. The van der Waals surface area contributed by atoms with Crippen LogP contribution in [0.5, 0.6) is 0 Å². The van der Waals surface area contributed by atoms with Gasteiger partial charge in [-0.05, 0) is 48.9 Å². The van der Waals surface area contributed by atoms with Gasteiger partial charge in [-0.2, -0.15) is 0 Å². The van der Waals surface area contributed by atoms with Gasteiger partial charge in [-0.3, -0.25) is 19.7 Å². The van der Waals surface area contributed by atoms with Crippen molar-refractivity contribution < 1.29 is 23.7 Å². The zero-order valence-corrected chi connectivity index (χ0v) is 28.7. The lowest BCUT2D eigenvalue weighted by molar-refractivity contribution is -0.125. The number of anilines is 1. The van der Waals surface area contributed by atoms with Crippen molar-refractivity contribution in [3.05, 3.63) is 102 Å². The van der Waals surface area contributed by atoms with E-state index in [4.69, 9.17) is 5.73 Å². The number of Topliss-reactive ketones (excluding diaryl/α,β-unsaturated/α-hetero) is 1. The van der Waals surface area contributed by atoms with Crippen molar-refractivity contribution in [1.29, 1.82) is 0 Å². The molecule has 5 atom stereocenters. The maximum Gasteiger partial charge on any atom is 0.364 e. The number of nitrogens with two attached hydrogens (primary N) is 1. The Morgan fingerprint density at radius 2 is 1.32 bits per heavy atom. The Kier molecular flexibility index (Phi) is 14.2. The molecule has 3 aromatic carbocycles. The highest BCUT2D eigenvalue weighted by atomic mass is 31.1. The van der Waals surface area contributed by atoms with Gasteiger partial charge in [-0.25, -0.2) is 4.79 Å². The zero-order valence-electron chi connectivity index (χ0n) is 27.8. The predicted octanol–water partition coefficient (Wildman–Crippen LogP) is 5.21. The van der Waals surface area contributed by atoms with Gasteiger partial charge in [0.2, 0.25) is 17.6 Å². The number of benzene rings is 3. The van der Waals surface area contributed by atoms with Crippen LogP contribution in [0.4, 0.5) is 10.5 Å². The molecule has 11 heteroatoms. The van der Waals surface area contributed by atoms with Gasteiger partial charge >= 0.3 is 13.8 Å². The first-order chi connectivity index (χ1) is 22.3. The third kappa shape index (κ3) is 11.7. The SMILES string of the molecule is CC(C)C[C@H](NC(=O)[C@@H](Cc1ccccc1)C[P+](=O)[C@H](Cc1ccccc1)NC(=O)N(C)C)C(=O)c1ccccc1NC(=O)[C@H](C)N. The lowest BCUT2D eigenvalue weighted by Gasteiger charge is -2.24. The molecule has 0 radical (unpaired) electrons. The van der Waals surface area contributed by atoms with Crippen LogP contribution in [0.15, 0.2) is 84.9 Å². The molecule has 0 spiro atoms. The number of nitrogens with one attached hydrogen (secondary N) is 3. The minimum absolute atomic E-state index is 0.00904. The zero-order chi connectivity index (χ0) is 34.5. The van der Waals surface area contributed by atoms with E-state index in [0.29, 0.717) is 18.5 Å². The Bertz CT molecular complexity index is 1510. The van der Waals surface area contributed by atoms with Gasteiger partial charge in [0, 0.05) is 26.1 Å². The smallest absolute Gasteiger partial charge is 0.346 e. The molecule has 47 heavy (non-hydrogen) atoms. The summed E-state index contributed by atoms with van der Waals surface area (Å²) in [6, 6.07) is 23.5. The van der Waals surface area contributed by atoms with E-state index in [0.717, 1.165) is 11.1 Å². The monoisotopic (exact) mass is 660 g/mol. The van der Waals surface area contributed by atoms with Crippen LogP contribution in [0.25, 0.3) is 0 Å². The maximum absolute atomic E-state index is 14.1. The third-order valence-electron chi connectivity index (χ3n) is 7.62. The number of hydrogen-bond acceptors (Lipinski definition) is 6. The van der Waals surface area contributed by atoms with Gasteiger partial charge in [0.25, 0.3) is 0 Å². The minimum atomic E-state index is -2.13. The quantitative estimate of drug-likeness (QED) is 0.122. The number of ketones is 1. The number of carbonyl (C=O) groups is 4. The predicted molar refractivity (Wildman–Crippen MR) is 187 cm³/mol. The molecule has 0 aromatic heterocycles. The maximum atomic E-state index is 14.1. The van der Waals surface area contributed by atoms with E-state index in [2.05, 4.69) is 16.0 Å². The number of carbonyl (C=O) groups excluding carboxylic acids is 4. The van der Waals surface area contributed by atoms with Crippen LogP contribution in [0.3, 0.4) is 0 Å². The van der Waals surface area contributed by atoms with Crippen molar-refractivity contribution in [2.45, 2.75) is 57.9 Å². The van der Waals surface area contributed by atoms with Gasteiger partial charge in [0.1, 0.15) is 0 Å². The van der Waals surface area contributed by atoms with Gasteiger partial charge in [0.15, 0.2) is 11.9 Å². The van der Waals surface area contributed by atoms with Crippen LogP contribution >= 0.6 is 7.80 Å². The van der Waals surface area contributed by atoms with Crippen molar-refractivity contribution in [2.24, 2.45) is 17.6 Å². The minimum Gasteiger partial charge on any atom is -0.346 e. The second-order valence-electron chi connectivity index (χ2n) is 12.4. The van der Waals surface area contributed by atoms with Crippen molar-refractivity contribution in [3.63, 3.8) is 0 Å². The van der Waals surface area contributed by atoms with E-state index in [1.54, 1.807) is 45.3 Å². The van der Waals surface area contributed by atoms with Crippen LogP contribution in [0.2, 0.25) is 0 Å². The Morgan fingerprint density at radius 1 is 0.766 bits per heavy atom. The second-order valence-corrected chi connectivity index (χ2v) is 14.2. The summed E-state index contributed by atoms with van der Waals surface area (Å²) in [6.07, 6.45) is 0.954. The molecule has 5 N–H and O–H groups in total. The average Bonchev–Trinajstić information content (AvgIpc) is 3.04. The molecule has 3 rings (SSSR count). The molecule has 4 amide bonds. The molecule has 0 bridgehead atoms. The summed E-state index contributed by atoms with van der Waals surface area (Å²) in [5.74, 6) is -2.63. The molecule has 10 nitrogen and oxygen atoms in total. The number of nitrogens with zero attached hydrogens (tertiary/aromatic N) is 1.